The van der Waals surface area contributed by atoms with Crippen LogP contribution in [0.5, 0.6) is 0 Å². The van der Waals surface area contributed by atoms with Gasteiger partial charge in [-0.15, -0.1) is 0 Å². The van der Waals surface area contributed by atoms with E-state index in [1.807, 2.05) is 13.8 Å². The average Bonchev–Trinajstić information content (AvgIpc) is 3.20. The third kappa shape index (κ3) is 3.72. The summed E-state index contributed by atoms with van der Waals surface area (Å²) in [6.45, 7) is 3.88. The second-order valence-corrected chi connectivity index (χ2v) is 9.49. The first kappa shape index (κ1) is 22.1. The second kappa shape index (κ2) is 7.41. The number of ketones is 1. The third-order valence-electron chi connectivity index (χ3n) is 6.28. The number of fused-ring (bicyclic) bond motifs is 2. The Morgan fingerprint density at radius 2 is 1.79 bits per heavy atom. The fourth-order valence-electron chi connectivity index (χ4n) is 4.92. The van der Waals surface area contributed by atoms with Crippen LogP contribution in [0.4, 0.5) is 19.0 Å². The summed E-state index contributed by atoms with van der Waals surface area (Å²) < 4.78 is 45.4. The fourth-order valence-corrected chi connectivity index (χ4v) is 4.92. The summed E-state index contributed by atoms with van der Waals surface area (Å²) in [4.78, 5) is 47.1. The summed E-state index contributed by atoms with van der Waals surface area (Å²) in [5.74, 6) is -1.30. The number of Topliss-reactive ketones (excluding diaryl/α,β-unsaturated/α-hetero) is 1. The molecule has 3 aromatic rings. The number of carbonyl (C=O) groups excluding carboxylic acids is 1. The normalized spacial score (nSPS) is 21.6. The highest BCUT2D eigenvalue weighted by atomic mass is 19.4. The van der Waals surface area contributed by atoms with Crippen molar-refractivity contribution in [3.63, 3.8) is 0 Å². The van der Waals surface area contributed by atoms with Gasteiger partial charge in [-0.3, -0.25) is 19.6 Å². The molecule has 1 fully saturated rings. The summed E-state index contributed by atoms with van der Waals surface area (Å²) in [5.41, 5.74) is -1.75. The number of nitrogens with one attached hydrogen (secondary N) is 2. The van der Waals surface area contributed by atoms with Crippen molar-refractivity contribution in [2.75, 3.05) is 0 Å². The first-order chi connectivity index (χ1) is 15.9. The molecule has 0 spiro atoms. The second-order valence-electron chi connectivity index (χ2n) is 9.49. The van der Waals surface area contributed by atoms with Gasteiger partial charge >= 0.3 is 11.9 Å². The Morgan fingerprint density at radius 3 is 2.53 bits per heavy atom. The molecule has 3 heterocycles. The number of hydrogen-bond donors (Lipinski definition) is 2. The molecule has 5 rings (SSSR count). The Labute approximate surface area is 190 Å². The third-order valence-corrected chi connectivity index (χ3v) is 6.28. The van der Waals surface area contributed by atoms with Crippen LogP contribution in [0.1, 0.15) is 49.5 Å². The van der Waals surface area contributed by atoms with Crippen molar-refractivity contribution in [1.29, 1.82) is 0 Å². The highest BCUT2D eigenvalue weighted by molar-refractivity contribution is 6.10. The van der Waals surface area contributed by atoms with E-state index in [1.165, 1.54) is 18.2 Å². The van der Waals surface area contributed by atoms with Crippen molar-refractivity contribution in [1.82, 2.24) is 9.97 Å². The molecule has 2 aromatic heterocycles. The summed E-state index contributed by atoms with van der Waals surface area (Å²) in [7, 11) is 0. The van der Waals surface area contributed by atoms with Gasteiger partial charge in [-0.25, -0.2) is 9.79 Å². The number of furan rings is 1. The van der Waals surface area contributed by atoms with E-state index in [-0.39, 0.29) is 46.1 Å². The van der Waals surface area contributed by atoms with E-state index in [4.69, 9.17) is 4.42 Å². The first-order valence-corrected chi connectivity index (χ1v) is 10.7. The van der Waals surface area contributed by atoms with E-state index in [0.29, 0.717) is 12.1 Å². The maximum Gasteiger partial charge on any atom is 0.416 e. The van der Waals surface area contributed by atoms with E-state index in [2.05, 4.69) is 15.0 Å². The molecule has 2 N–H and O–H groups in total. The van der Waals surface area contributed by atoms with Gasteiger partial charge in [-0.05, 0) is 36.1 Å². The number of aromatic amines is 2. The number of halogens is 3. The van der Waals surface area contributed by atoms with Crippen molar-refractivity contribution >= 4 is 17.3 Å². The molecular formula is C24H20F3N3O4. The van der Waals surface area contributed by atoms with Crippen LogP contribution in [0.15, 0.2) is 55.4 Å². The van der Waals surface area contributed by atoms with Gasteiger partial charge in [0.25, 0.3) is 5.56 Å². The lowest BCUT2D eigenvalue weighted by Crippen LogP contribution is -2.44. The lowest BCUT2D eigenvalue weighted by atomic mass is 9.65. The van der Waals surface area contributed by atoms with Crippen LogP contribution in [-0.4, -0.2) is 21.5 Å². The molecule has 2 atom stereocenters. The zero-order valence-corrected chi connectivity index (χ0v) is 18.2. The van der Waals surface area contributed by atoms with Gasteiger partial charge < -0.3 is 4.42 Å². The number of benzene rings is 1. The predicted molar refractivity (Wildman–Crippen MR) is 117 cm³/mol. The van der Waals surface area contributed by atoms with Gasteiger partial charge in [0, 0.05) is 17.7 Å². The van der Waals surface area contributed by atoms with Crippen molar-refractivity contribution < 1.29 is 22.4 Å². The molecule has 2 aliphatic rings. The molecule has 0 radical (unpaired) electrons. The Bertz CT molecular complexity index is 1460. The van der Waals surface area contributed by atoms with Crippen LogP contribution < -0.4 is 11.2 Å². The summed E-state index contributed by atoms with van der Waals surface area (Å²) in [6, 6.07) is 7.76. The van der Waals surface area contributed by atoms with Crippen LogP contribution in [0.2, 0.25) is 0 Å². The molecule has 0 amide bonds. The zero-order valence-electron chi connectivity index (χ0n) is 18.2. The van der Waals surface area contributed by atoms with Crippen LogP contribution >= 0.6 is 0 Å². The van der Waals surface area contributed by atoms with Crippen LogP contribution in [0.3, 0.4) is 0 Å². The number of aliphatic imine (C=N–C) groups is 1. The number of alkyl halides is 3. The molecule has 1 aliphatic carbocycles. The van der Waals surface area contributed by atoms with E-state index >= 15 is 0 Å². The van der Waals surface area contributed by atoms with Crippen LogP contribution in [0.25, 0.3) is 11.3 Å². The molecule has 0 saturated heterocycles. The van der Waals surface area contributed by atoms with E-state index in [9.17, 15) is 27.6 Å². The molecule has 1 aliphatic heterocycles. The zero-order chi connectivity index (χ0) is 24.4. The molecule has 176 valence electrons. The number of rotatable bonds is 2. The molecule has 1 saturated carbocycles. The standard InChI is InChI=1S/C24H20F3N3O4/c1-23(2)9-13-17(14(31)10-23)18(19-20(28-13)29-22(33)30-21(19)32)16-7-6-15(34-16)11-4-3-5-12(8-11)24(25,26)27/h3-8,17-18H,9-10H2,1-2H3,(H2,29,30,32,33)/t17?,18-/m0/s1. The Balaban J connectivity index is 1.65. The topological polar surface area (TPSA) is 108 Å². The molecule has 10 heteroatoms. The highest BCUT2D eigenvalue weighted by Gasteiger charge is 2.48. The van der Waals surface area contributed by atoms with Gasteiger partial charge in [0.2, 0.25) is 0 Å². The Morgan fingerprint density at radius 1 is 1.03 bits per heavy atom. The number of H-pyrrole nitrogens is 2. The molecule has 1 aromatic carbocycles. The monoisotopic (exact) mass is 471 g/mol. The van der Waals surface area contributed by atoms with Gasteiger partial charge in [0.05, 0.1) is 23.0 Å². The highest BCUT2D eigenvalue weighted by Crippen LogP contribution is 2.47. The van der Waals surface area contributed by atoms with E-state index < -0.39 is 34.8 Å². The maximum atomic E-state index is 13.2. The quantitative estimate of drug-likeness (QED) is 0.571. The van der Waals surface area contributed by atoms with Crippen LogP contribution in [0, 0.1) is 11.3 Å². The van der Waals surface area contributed by atoms with Crippen molar-refractivity contribution in [3.05, 3.63) is 74.1 Å². The number of aromatic nitrogens is 2. The number of hydrogen-bond acceptors (Lipinski definition) is 5. The van der Waals surface area contributed by atoms with Crippen molar-refractivity contribution in [2.45, 2.75) is 38.8 Å². The lowest BCUT2D eigenvalue weighted by molar-refractivity contribution is -0.137. The minimum absolute atomic E-state index is 0.0625. The van der Waals surface area contributed by atoms with Crippen molar-refractivity contribution in [2.24, 2.45) is 16.3 Å². The van der Waals surface area contributed by atoms with Gasteiger partial charge in [-0.2, -0.15) is 13.2 Å². The fraction of sp³-hybridized carbons (Fsp3) is 0.333. The maximum absolute atomic E-state index is 13.2. The van der Waals surface area contributed by atoms with Gasteiger partial charge in [-0.1, -0.05) is 26.0 Å². The smallest absolute Gasteiger partial charge is 0.416 e. The Hall–Kier alpha value is -3.69. The molecule has 0 bridgehead atoms. The SMILES string of the molecule is CC1(C)CC(=O)C2C(=Nc3[nH]c(=O)[nH]c(=O)c3[C@H]2c2ccc(-c3cccc(C(F)(F)F)c3)o2)C1. The molecule has 34 heavy (non-hydrogen) atoms. The lowest BCUT2D eigenvalue weighted by Gasteiger charge is -2.39. The number of nitrogens with zero attached hydrogens (tertiary/aromatic N) is 1. The average molecular weight is 471 g/mol. The first-order valence-electron chi connectivity index (χ1n) is 10.7. The van der Waals surface area contributed by atoms with Gasteiger partial charge in [0.1, 0.15) is 23.1 Å². The predicted octanol–water partition coefficient (Wildman–Crippen LogP) is 4.57. The minimum atomic E-state index is -4.51. The molecular weight excluding hydrogens is 451 g/mol. The summed E-state index contributed by atoms with van der Waals surface area (Å²) in [6.07, 6.45) is -3.76. The summed E-state index contributed by atoms with van der Waals surface area (Å²) in [5, 5.41) is 0. The van der Waals surface area contributed by atoms with Crippen LogP contribution in [-0.2, 0) is 11.0 Å². The van der Waals surface area contributed by atoms with Crippen molar-refractivity contribution in [3.8, 4) is 11.3 Å². The minimum Gasteiger partial charge on any atom is -0.460 e. The molecule has 1 unspecified atom stereocenters. The van der Waals surface area contributed by atoms with E-state index in [1.54, 1.807) is 6.07 Å². The largest absolute Gasteiger partial charge is 0.460 e. The number of carbonyl (C=O) groups is 1. The van der Waals surface area contributed by atoms with E-state index in [0.717, 1.165) is 12.1 Å². The summed E-state index contributed by atoms with van der Waals surface area (Å²) >= 11 is 0. The van der Waals surface area contributed by atoms with Gasteiger partial charge in [0.15, 0.2) is 0 Å². The molecule has 7 nitrogen and oxygen atoms in total. The Kier molecular flexibility index (Phi) is 4.82.